The Morgan fingerprint density at radius 2 is 1.58 bits per heavy atom. The third-order valence-electron chi connectivity index (χ3n) is 4.86. The molecule has 0 unspecified atom stereocenters. The lowest BCUT2D eigenvalue weighted by Crippen LogP contribution is -2.43. The van der Waals surface area contributed by atoms with Crippen LogP contribution >= 0.6 is 49.8 Å². The fourth-order valence-corrected chi connectivity index (χ4v) is 5.07. The zero-order chi connectivity index (χ0) is 17.7. The lowest BCUT2D eigenvalue weighted by molar-refractivity contribution is 0.428. The molecule has 136 valence electrons. The van der Waals surface area contributed by atoms with Crippen LogP contribution in [0.15, 0.2) is 14.7 Å². The molecule has 24 heavy (non-hydrogen) atoms. The first-order valence-corrected chi connectivity index (χ1v) is 11.3. The van der Waals surface area contributed by atoms with Crippen LogP contribution in [0.5, 0.6) is 0 Å². The van der Waals surface area contributed by atoms with Crippen LogP contribution < -0.4 is 4.90 Å². The van der Waals surface area contributed by atoms with E-state index in [2.05, 4.69) is 29.3 Å². The Morgan fingerprint density at radius 1 is 0.917 bits per heavy atom. The van der Waals surface area contributed by atoms with E-state index in [-0.39, 0.29) is 0 Å². The van der Waals surface area contributed by atoms with Crippen LogP contribution in [-0.2, 0) is 6.42 Å². The molecule has 2 nitrogen and oxygen atoms in total. The summed E-state index contributed by atoms with van der Waals surface area (Å²) in [6.45, 7) is 8.61. The van der Waals surface area contributed by atoms with E-state index >= 15 is 0 Å². The van der Waals surface area contributed by atoms with E-state index in [9.17, 15) is 0 Å². The number of hydrogen-bond donors (Lipinski definition) is 3. The van der Waals surface area contributed by atoms with Gasteiger partial charge >= 0.3 is 0 Å². The smallest absolute Gasteiger partial charge is 0.0652 e. The van der Waals surface area contributed by atoms with E-state index in [0.29, 0.717) is 0 Å². The molecule has 0 aliphatic carbocycles. The van der Waals surface area contributed by atoms with Crippen LogP contribution in [0, 0.1) is 6.92 Å². The molecule has 0 radical (unpaired) electrons. The molecule has 0 aromatic heterocycles. The minimum absolute atomic E-state index is 0.997. The van der Waals surface area contributed by atoms with Crippen molar-refractivity contribution in [2.75, 3.05) is 37.3 Å². The number of unbranched alkanes of at least 4 members (excludes halogenated alkanes) is 3. The van der Waals surface area contributed by atoms with Gasteiger partial charge in [-0.15, -0.1) is 37.9 Å². The van der Waals surface area contributed by atoms with E-state index in [0.717, 1.165) is 47.3 Å². The molecule has 1 fully saturated rings. The molecule has 1 aliphatic rings. The van der Waals surface area contributed by atoms with Crippen LogP contribution in [0.3, 0.4) is 0 Å². The molecular formula is C18H30N2S4. The summed E-state index contributed by atoms with van der Waals surface area (Å²) in [6, 6.07) is 0. The molecule has 1 saturated heterocycles. The zero-order valence-corrected chi connectivity index (χ0v) is 18.5. The van der Waals surface area contributed by atoms with Gasteiger partial charge in [0.25, 0.3) is 0 Å². The fraction of sp³-hybridized carbons (Fsp3) is 0.667. The topological polar surface area (TPSA) is 6.48 Å². The molecule has 1 aliphatic heterocycles. The summed E-state index contributed by atoms with van der Waals surface area (Å²) >= 11 is 16.4. The summed E-state index contributed by atoms with van der Waals surface area (Å²) in [4.78, 5) is 5.55. The first-order chi connectivity index (χ1) is 11.5. The Kier molecular flexibility index (Phi) is 8.54. The Labute approximate surface area is 168 Å². The van der Waals surface area contributed by atoms with Gasteiger partial charge in [-0.1, -0.05) is 38.1 Å². The highest BCUT2D eigenvalue weighted by Gasteiger charge is 2.24. The van der Waals surface area contributed by atoms with Crippen LogP contribution in [0.2, 0.25) is 0 Å². The highest BCUT2D eigenvalue weighted by atomic mass is 32.2. The standard InChI is InChI=1S/C18H30N2S4/c1-4-5-6-7-8-14-13(2)16(21)15(18(23)17(14)22)19-9-11-20(24-3)12-10-19/h21-23H,4-12H2,1-3H3. The molecule has 0 bridgehead atoms. The van der Waals surface area contributed by atoms with Gasteiger partial charge in [0.15, 0.2) is 0 Å². The van der Waals surface area contributed by atoms with Crippen molar-refractivity contribution in [2.24, 2.45) is 0 Å². The summed E-state index contributed by atoms with van der Waals surface area (Å²) in [7, 11) is 0. The SMILES string of the molecule is CCCCCCc1c(C)c(S)c(N2CCN(SC)CC2)c(S)c1S. The summed E-state index contributed by atoms with van der Waals surface area (Å²) < 4.78 is 2.41. The van der Waals surface area contributed by atoms with Crippen molar-refractivity contribution in [1.82, 2.24) is 4.31 Å². The van der Waals surface area contributed by atoms with Crippen molar-refractivity contribution in [1.29, 1.82) is 0 Å². The van der Waals surface area contributed by atoms with Gasteiger partial charge < -0.3 is 4.90 Å². The van der Waals surface area contributed by atoms with Gasteiger partial charge in [0.05, 0.1) is 5.69 Å². The Morgan fingerprint density at radius 3 is 2.17 bits per heavy atom. The second-order valence-corrected chi connectivity index (χ2v) is 8.63. The van der Waals surface area contributed by atoms with Crippen LogP contribution in [0.4, 0.5) is 5.69 Å². The lowest BCUT2D eigenvalue weighted by Gasteiger charge is -2.37. The summed E-state index contributed by atoms with van der Waals surface area (Å²) in [5, 5.41) is 0. The maximum Gasteiger partial charge on any atom is 0.0652 e. The fourth-order valence-electron chi connectivity index (χ4n) is 3.29. The molecule has 6 heteroatoms. The first kappa shape index (κ1) is 20.7. The number of anilines is 1. The van der Waals surface area contributed by atoms with Gasteiger partial charge in [-0.2, -0.15) is 0 Å². The third kappa shape index (κ3) is 4.76. The van der Waals surface area contributed by atoms with Crippen LogP contribution in [0.1, 0.15) is 43.7 Å². The van der Waals surface area contributed by atoms with Gasteiger partial charge in [0, 0.05) is 40.9 Å². The average Bonchev–Trinajstić information content (AvgIpc) is 2.60. The number of nitrogens with zero attached hydrogens (tertiary/aromatic N) is 2. The van der Waals surface area contributed by atoms with Crippen LogP contribution in [-0.4, -0.2) is 36.7 Å². The molecule has 0 atom stereocenters. The van der Waals surface area contributed by atoms with Crippen molar-refractivity contribution in [3.8, 4) is 0 Å². The maximum atomic E-state index is 4.87. The van der Waals surface area contributed by atoms with Gasteiger partial charge in [-0.05, 0) is 37.1 Å². The van der Waals surface area contributed by atoms with E-state index in [1.807, 2.05) is 11.9 Å². The van der Waals surface area contributed by atoms with E-state index < -0.39 is 0 Å². The van der Waals surface area contributed by atoms with E-state index in [1.54, 1.807) is 0 Å². The van der Waals surface area contributed by atoms with E-state index in [1.165, 1.54) is 42.5 Å². The van der Waals surface area contributed by atoms with Crippen molar-refractivity contribution in [3.63, 3.8) is 0 Å². The second-order valence-electron chi connectivity index (χ2n) is 6.41. The van der Waals surface area contributed by atoms with Crippen molar-refractivity contribution >= 4 is 55.5 Å². The summed E-state index contributed by atoms with van der Waals surface area (Å²) in [5.74, 6) is 0. The third-order valence-corrected chi connectivity index (χ3v) is 7.39. The van der Waals surface area contributed by atoms with Gasteiger partial charge in [0.1, 0.15) is 0 Å². The number of thiol groups is 3. The molecule has 1 aromatic rings. The zero-order valence-electron chi connectivity index (χ0n) is 15.0. The van der Waals surface area contributed by atoms with Gasteiger partial charge in [-0.25, -0.2) is 4.31 Å². The van der Waals surface area contributed by atoms with Crippen molar-refractivity contribution < 1.29 is 0 Å². The number of piperazine rings is 1. The Hall–Kier alpha value is 0.380. The maximum absolute atomic E-state index is 4.87. The number of hydrogen-bond acceptors (Lipinski definition) is 6. The average molecular weight is 403 g/mol. The number of benzene rings is 1. The van der Waals surface area contributed by atoms with Crippen molar-refractivity contribution in [2.45, 2.75) is 60.6 Å². The summed E-state index contributed by atoms with van der Waals surface area (Å²) in [6.07, 6.45) is 8.29. The Balaban J connectivity index is 2.22. The first-order valence-electron chi connectivity index (χ1n) is 8.81. The van der Waals surface area contributed by atoms with Gasteiger partial charge in [-0.3, -0.25) is 0 Å². The summed E-state index contributed by atoms with van der Waals surface area (Å²) in [5.41, 5.74) is 3.78. The molecular weight excluding hydrogens is 372 g/mol. The molecule has 0 saturated carbocycles. The van der Waals surface area contributed by atoms with Crippen molar-refractivity contribution in [3.05, 3.63) is 11.1 Å². The normalized spacial score (nSPS) is 16.0. The molecule has 1 heterocycles. The van der Waals surface area contributed by atoms with Gasteiger partial charge in [0.2, 0.25) is 0 Å². The predicted molar refractivity (Wildman–Crippen MR) is 118 cm³/mol. The highest BCUT2D eigenvalue weighted by molar-refractivity contribution is 7.96. The molecule has 0 spiro atoms. The molecule has 0 N–H and O–H groups in total. The Bertz CT molecular complexity index is 525. The second kappa shape index (κ2) is 9.91. The number of rotatable bonds is 7. The van der Waals surface area contributed by atoms with Crippen LogP contribution in [0.25, 0.3) is 0 Å². The lowest BCUT2D eigenvalue weighted by atomic mass is 10.00. The molecule has 0 amide bonds. The quantitative estimate of drug-likeness (QED) is 0.320. The molecule has 2 rings (SSSR count). The monoisotopic (exact) mass is 402 g/mol. The molecule has 1 aromatic carbocycles. The largest absolute Gasteiger partial charge is 0.367 e. The highest BCUT2D eigenvalue weighted by Crippen LogP contribution is 2.42. The minimum atomic E-state index is 0.997. The minimum Gasteiger partial charge on any atom is -0.367 e. The van der Waals surface area contributed by atoms with E-state index in [4.69, 9.17) is 37.9 Å². The predicted octanol–water partition coefficient (Wildman–Crippen LogP) is 5.38.